The molecular formula is C15H21N3O2. The van der Waals surface area contributed by atoms with Crippen molar-refractivity contribution in [3.05, 3.63) is 29.8 Å². The van der Waals surface area contributed by atoms with Gasteiger partial charge >= 0.3 is 0 Å². The summed E-state index contributed by atoms with van der Waals surface area (Å²) in [4.78, 5) is 25.9. The number of nitrogen functional groups attached to an aromatic ring is 1. The van der Waals surface area contributed by atoms with Crippen molar-refractivity contribution >= 4 is 17.5 Å². The Morgan fingerprint density at radius 3 is 2.70 bits per heavy atom. The number of likely N-dealkylation sites (tertiary alicyclic amines) is 1. The molecule has 1 saturated heterocycles. The number of nitrogens with two attached hydrogens (primary N) is 1. The molecule has 1 heterocycles. The minimum atomic E-state index is -0.245. The first kappa shape index (κ1) is 14.4. The van der Waals surface area contributed by atoms with E-state index in [1.54, 1.807) is 24.3 Å². The van der Waals surface area contributed by atoms with Crippen LogP contribution in [-0.4, -0.2) is 35.8 Å². The molecule has 2 rings (SSSR count). The van der Waals surface area contributed by atoms with Gasteiger partial charge in [-0.25, -0.2) is 0 Å². The minimum Gasteiger partial charge on any atom is -0.399 e. The molecule has 5 nitrogen and oxygen atoms in total. The van der Waals surface area contributed by atoms with Gasteiger partial charge in [-0.3, -0.25) is 9.59 Å². The highest BCUT2D eigenvalue weighted by Crippen LogP contribution is 2.19. The molecule has 1 aromatic carbocycles. The standard InChI is InChI=1S/C15H21N3O2/c1-2-13-4-3-9-18(13)14(19)10-17-15(20)11-5-7-12(16)8-6-11/h5-8,13H,2-4,9-10,16H2,1H3,(H,17,20). The molecule has 1 aromatic rings. The number of rotatable bonds is 4. The molecule has 0 aliphatic carbocycles. The van der Waals surface area contributed by atoms with E-state index in [0.717, 1.165) is 25.8 Å². The maximum atomic E-state index is 12.1. The predicted octanol–water partition coefficient (Wildman–Crippen LogP) is 1.40. The largest absolute Gasteiger partial charge is 0.399 e. The number of hydrogen-bond donors (Lipinski definition) is 2. The summed E-state index contributed by atoms with van der Waals surface area (Å²) in [7, 11) is 0. The van der Waals surface area contributed by atoms with E-state index in [9.17, 15) is 9.59 Å². The molecule has 2 amide bonds. The second kappa shape index (κ2) is 6.41. The van der Waals surface area contributed by atoms with Crippen LogP contribution in [0.2, 0.25) is 0 Å². The molecular weight excluding hydrogens is 254 g/mol. The van der Waals surface area contributed by atoms with E-state index in [2.05, 4.69) is 12.2 Å². The van der Waals surface area contributed by atoms with Crippen molar-refractivity contribution < 1.29 is 9.59 Å². The summed E-state index contributed by atoms with van der Waals surface area (Å²) >= 11 is 0. The Labute approximate surface area is 119 Å². The molecule has 1 aliphatic rings. The van der Waals surface area contributed by atoms with Crippen LogP contribution in [0, 0.1) is 0 Å². The van der Waals surface area contributed by atoms with Gasteiger partial charge in [-0.05, 0) is 43.5 Å². The Morgan fingerprint density at radius 1 is 1.35 bits per heavy atom. The van der Waals surface area contributed by atoms with Crippen molar-refractivity contribution in [2.24, 2.45) is 0 Å². The highest BCUT2D eigenvalue weighted by atomic mass is 16.2. The zero-order valence-corrected chi connectivity index (χ0v) is 11.8. The molecule has 1 aliphatic heterocycles. The molecule has 1 fully saturated rings. The van der Waals surface area contributed by atoms with Crippen LogP contribution in [0.4, 0.5) is 5.69 Å². The molecule has 0 spiro atoms. The molecule has 0 aromatic heterocycles. The average Bonchev–Trinajstić information content (AvgIpc) is 2.93. The number of amides is 2. The lowest BCUT2D eigenvalue weighted by molar-refractivity contribution is -0.130. The Balaban J connectivity index is 1.87. The van der Waals surface area contributed by atoms with Gasteiger partial charge in [0.25, 0.3) is 5.91 Å². The first-order valence-corrected chi connectivity index (χ1v) is 7.05. The third-order valence-corrected chi connectivity index (χ3v) is 3.74. The normalized spacial score (nSPS) is 18.1. The number of nitrogens with zero attached hydrogens (tertiary/aromatic N) is 1. The second-order valence-electron chi connectivity index (χ2n) is 5.10. The quantitative estimate of drug-likeness (QED) is 0.816. The van der Waals surface area contributed by atoms with Gasteiger partial charge in [0.2, 0.25) is 5.91 Å². The lowest BCUT2D eigenvalue weighted by atomic mass is 10.1. The summed E-state index contributed by atoms with van der Waals surface area (Å²) < 4.78 is 0. The molecule has 1 unspecified atom stereocenters. The van der Waals surface area contributed by atoms with E-state index in [1.165, 1.54) is 0 Å². The summed E-state index contributed by atoms with van der Waals surface area (Å²) in [5, 5.41) is 2.67. The van der Waals surface area contributed by atoms with E-state index >= 15 is 0 Å². The van der Waals surface area contributed by atoms with Crippen LogP contribution in [0.25, 0.3) is 0 Å². The second-order valence-corrected chi connectivity index (χ2v) is 5.10. The monoisotopic (exact) mass is 275 g/mol. The third kappa shape index (κ3) is 3.29. The van der Waals surface area contributed by atoms with Crippen molar-refractivity contribution in [1.82, 2.24) is 10.2 Å². The van der Waals surface area contributed by atoms with Crippen LogP contribution in [0.15, 0.2) is 24.3 Å². The Bertz CT molecular complexity index is 484. The maximum Gasteiger partial charge on any atom is 0.251 e. The van der Waals surface area contributed by atoms with Gasteiger partial charge in [-0.1, -0.05) is 6.92 Å². The van der Waals surface area contributed by atoms with Crippen LogP contribution in [0.3, 0.4) is 0 Å². The Kier molecular flexibility index (Phi) is 4.61. The molecule has 0 radical (unpaired) electrons. The first-order chi connectivity index (χ1) is 9.61. The van der Waals surface area contributed by atoms with Crippen molar-refractivity contribution in [2.45, 2.75) is 32.2 Å². The SMILES string of the molecule is CCC1CCCN1C(=O)CNC(=O)c1ccc(N)cc1. The van der Waals surface area contributed by atoms with Crippen LogP contribution in [-0.2, 0) is 4.79 Å². The fraction of sp³-hybridized carbons (Fsp3) is 0.467. The van der Waals surface area contributed by atoms with Gasteiger partial charge in [-0.2, -0.15) is 0 Å². The van der Waals surface area contributed by atoms with Gasteiger partial charge in [-0.15, -0.1) is 0 Å². The minimum absolute atomic E-state index is 0.00172. The number of carbonyl (C=O) groups excluding carboxylic acids is 2. The van der Waals surface area contributed by atoms with Crippen molar-refractivity contribution in [1.29, 1.82) is 0 Å². The molecule has 0 bridgehead atoms. The van der Waals surface area contributed by atoms with Crippen LogP contribution in [0.1, 0.15) is 36.5 Å². The van der Waals surface area contributed by atoms with E-state index in [-0.39, 0.29) is 18.4 Å². The van der Waals surface area contributed by atoms with E-state index < -0.39 is 0 Å². The molecule has 20 heavy (non-hydrogen) atoms. The van der Waals surface area contributed by atoms with Crippen LogP contribution < -0.4 is 11.1 Å². The van der Waals surface area contributed by atoms with E-state index in [4.69, 9.17) is 5.73 Å². The van der Waals surface area contributed by atoms with Crippen molar-refractivity contribution in [2.75, 3.05) is 18.8 Å². The Hall–Kier alpha value is -2.04. The molecule has 0 saturated carbocycles. The predicted molar refractivity (Wildman–Crippen MR) is 78.2 cm³/mol. The van der Waals surface area contributed by atoms with Crippen LogP contribution >= 0.6 is 0 Å². The number of hydrogen-bond acceptors (Lipinski definition) is 3. The number of carbonyl (C=O) groups is 2. The van der Waals surface area contributed by atoms with Gasteiger partial charge in [0, 0.05) is 23.8 Å². The van der Waals surface area contributed by atoms with Gasteiger partial charge in [0.1, 0.15) is 0 Å². The number of anilines is 1. The van der Waals surface area contributed by atoms with Gasteiger partial charge in [0.05, 0.1) is 6.54 Å². The highest BCUT2D eigenvalue weighted by molar-refractivity contribution is 5.96. The van der Waals surface area contributed by atoms with Crippen molar-refractivity contribution in [3.8, 4) is 0 Å². The fourth-order valence-corrected chi connectivity index (χ4v) is 2.58. The van der Waals surface area contributed by atoms with E-state index in [1.807, 2.05) is 4.90 Å². The van der Waals surface area contributed by atoms with E-state index in [0.29, 0.717) is 17.3 Å². The summed E-state index contributed by atoms with van der Waals surface area (Å²) in [5.41, 5.74) is 6.70. The molecule has 108 valence electrons. The highest BCUT2D eigenvalue weighted by Gasteiger charge is 2.27. The van der Waals surface area contributed by atoms with Gasteiger partial charge < -0.3 is 16.0 Å². The molecule has 3 N–H and O–H groups in total. The van der Waals surface area contributed by atoms with Gasteiger partial charge in [0.15, 0.2) is 0 Å². The summed E-state index contributed by atoms with van der Waals surface area (Å²) in [6.45, 7) is 2.94. The number of nitrogens with one attached hydrogen (secondary N) is 1. The maximum absolute atomic E-state index is 12.1. The number of benzene rings is 1. The fourth-order valence-electron chi connectivity index (χ4n) is 2.58. The summed E-state index contributed by atoms with van der Waals surface area (Å²) in [5.74, 6) is -0.247. The average molecular weight is 275 g/mol. The van der Waals surface area contributed by atoms with Crippen LogP contribution in [0.5, 0.6) is 0 Å². The lowest BCUT2D eigenvalue weighted by Crippen LogP contribution is -2.42. The Morgan fingerprint density at radius 2 is 2.05 bits per heavy atom. The third-order valence-electron chi connectivity index (χ3n) is 3.74. The summed E-state index contributed by atoms with van der Waals surface area (Å²) in [6, 6.07) is 6.98. The molecule has 1 atom stereocenters. The smallest absolute Gasteiger partial charge is 0.251 e. The zero-order valence-electron chi connectivity index (χ0n) is 11.8. The topological polar surface area (TPSA) is 75.4 Å². The summed E-state index contributed by atoms with van der Waals surface area (Å²) in [6.07, 6.45) is 3.09. The lowest BCUT2D eigenvalue weighted by Gasteiger charge is -2.23. The first-order valence-electron chi connectivity index (χ1n) is 7.05. The molecule has 5 heteroatoms. The van der Waals surface area contributed by atoms with Crippen molar-refractivity contribution in [3.63, 3.8) is 0 Å². The zero-order chi connectivity index (χ0) is 14.5.